The maximum atomic E-state index is 10.1. The van der Waals surface area contributed by atoms with Gasteiger partial charge < -0.3 is 9.84 Å². The van der Waals surface area contributed by atoms with Gasteiger partial charge in [0.05, 0.1) is 35.4 Å². The lowest BCUT2D eigenvalue weighted by Crippen LogP contribution is -2.02. The monoisotopic (exact) mass is 383 g/mol. The molecule has 142 valence electrons. The van der Waals surface area contributed by atoms with E-state index in [9.17, 15) is 5.11 Å². The zero-order valence-corrected chi connectivity index (χ0v) is 15.6. The van der Waals surface area contributed by atoms with Crippen LogP contribution in [0.4, 0.5) is 0 Å². The van der Waals surface area contributed by atoms with Crippen LogP contribution in [0.5, 0.6) is 17.6 Å². The summed E-state index contributed by atoms with van der Waals surface area (Å²) in [5.74, 6) is 0.426. The maximum absolute atomic E-state index is 10.1. The Morgan fingerprint density at radius 2 is 1.93 bits per heavy atom. The Hall–Kier alpha value is -4.00. The van der Waals surface area contributed by atoms with Crippen LogP contribution < -0.4 is 4.74 Å². The summed E-state index contributed by atoms with van der Waals surface area (Å²) in [5, 5.41) is 16.1. The van der Waals surface area contributed by atoms with E-state index in [0.29, 0.717) is 23.2 Å². The molecule has 0 aliphatic rings. The number of fused-ring (bicyclic) bond motifs is 2. The first-order chi connectivity index (χ1) is 14.2. The number of ether oxygens (including phenoxy) is 1. The summed E-state index contributed by atoms with van der Waals surface area (Å²) in [6, 6.07) is 15.7. The van der Waals surface area contributed by atoms with Crippen LogP contribution in [0.1, 0.15) is 11.1 Å². The van der Waals surface area contributed by atoms with E-state index in [2.05, 4.69) is 39.1 Å². The van der Waals surface area contributed by atoms with Crippen LogP contribution in [-0.4, -0.2) is 29.8 Å². The van der Waals surface area contributed by atoms with Crippen LogP contribution in [0.3, 0.4) is 0 Å². The van der Waals surface area contributed by atoms with Gasteiger partial charge in [-0.15, -0.1) is 0 Å². The molecule has 5 aromatic rings. The first kappa shape index (κ1) is 17.1. The highest BCUT2D eigenvalue weighted by atomic mass is 16.5. The molecule has 3 heterocycles. The molecule has 0 saturated carbocycles. The minimum Gasteiger partial charge on any atom is -0.493 e. The van der Waals surface area contributed by atoms with Gasteiger partial charge >= 0.3 is 6.01 Å². The molecule has 5 rings (SSSR count). The topological polar surface area (TPSA) is 86.0 Å². The predicted molar refractivity (Wildman–Crippen MR) is 109 cm³/mol. The fourth-order valence-corrected chi connectivity index (χ4v) is 3.30. The zero-order valence-electron chi connectivity index (χ0n) is 15.6. The average Bonchev–Trinajstić information content (AvgIpc) is 3.12. The second kappa shape index (κ2) is 6.87. The van der Waals surface area contributed by atoms with Gasteiger partial charge in [-0.1, -0.05) is 24.3 Å². The summed E-state index contributed by atoms with van der Waals surface area (Å²) in [6.07, 6.45) is 4.94. The highest BCUT2D eigenvalue weighted by Crippen LogP contribution is 2.28. The molecule has 2 aromatic carbocycles. The molecule has 29 heavy (non-hydrogen) atoms. The third kappa shape index (κ3) is 3.23. The van der Waals surface area contributed by atoms with Crippen molar-refractivity contribution in [1.29, 1.82) is 0 Å². The van der Waals surface area contributed by atoms with Gasteiger partial charge in [0.1, 0.15) is 5.75 Å². The number of aromatic nitrogens is 5. The summed E-state index contributed by atoms with van der Waals surface area (Å²) in [6.45, 7) is 2.80. The molecule has 0 unspecified atom stereocenters. The molecule has 0 bridgehead atoms. The fraction of sp³-hybridized carbons (Fsp3) is 0.0909. The fourth-order valence-electron chi connectivity index (χ4n) is 3.30. The van der Waals surface area contributed by atoms with Gasteiger partial charge in [0, 0.05) is 11.6 Å². The summed E-state index contributed by atoms with van der Waals surface area (Å²) >= 11 is 0. The molecule has 0 atom stereocenters. The normalized spacial score (nSPS) is 11.2. The minimum atomic E-state index is -0.139. The Labute approximate surface area is 166 Å². The van der Waals surface area contributed by atoms with Crippen molar-refractivity contribution in [2.75, 3.05) is 0 Å². The average molecular weight is 383 g/mol. The minimum absolute atomic E-state index is 0.0645. The summed E-state index contributed by atoms with van der Waals surface area (Å²) in [7, 11) is 0. The predicted octanol–water partition coefficient (Wildman–Crippen LogP) is 4.23. The van der Waals surface area contributed by atoms with Crippen molar-refractivity contribution in [1.82, 2.24) is 24.7 Å². The Morgan fingerprint density at radius 1 is 1.03 bits per heavy atom. The van der Waals surface area contributed by atoms with Crippen molar-refractivity contribution in [3.05, 3.63) is 78.2 Å². The van der Waals surface area contributed by atoms with E-state index in [-0.39, 0.29) is 11.9 Å². The van der Waals surface area contributed by atoms with Crippen LogP contribution in [0.2, 0.25) is 0 Å². The molecule has 0 saturated heterocycles. The number of nitrogens with zero attached hydrogens (tertiary/aromatic N) is 5. The Bertz CT molecular complexity index is 1350. The molecule has 0 radical (unpaired) electrons. The summed E-state index contributed by atoms with van der Waals surface area (Å²) < 4.78 is 7.74. The van der Waals surface area contributed by atoms with E-state index in [0.717, 1.165) is 10.9 Å². The van der Waals surface area contributed by atoms with Gasteiger partial charge in [-0.2, -0.15) is 15.1 Å². The number of aromatic hydroxyl groups is 1. The first-order valence-corrected chi connectivity index (χ1v) is 9.16. The highest BCUT2D eigenvalue weighted by Gasteiger charge is 2.11. The van der Waals surface area contributed by atoms with E-state index in [1.54, 1.807) is 18.5 Å². The molecular weight excluding hydrogens is 366 g/mol. The molecular formula is C22H17N5O2. The first-order valence-electron chi connectivity index (χ1n) is 9.16. The Kier molecular flexibility index (Phi) is 4.05. The molecule has 3 aromatic heterocycles. The van der Waals surface area contributed by atoms with Crippen LogP contribution in [0.25, 0.3) is 21.8 Å². The second-order valence-corrected chi connectivity index (χ2v) is 6.77. The number of benzene rings is 2. The van der Waals surface area contributed by atoms with Crippen molar-refractivity contribution in [2.24, 2.45) is 0 Å². The summed E-state index contributed by atoms with van der Waals surface area (Å²) in [5.41, 5.74) is 3.99. The lowest BCUT2D eigenvalue weighted by molar-refractivity contribution is 0.412. The standard InChI is InChI=1S/C22H17N5O2/c1-14-4-2-3-5-15(14)13-27-20-7-6-17(10-16(20)11-24-27)29-22-25-19-12-23-9-8-18(19)21(28)26-22/h2-12H,13H2,1H3,(H,25,26,28). The summed E-state index contributed by atoms with van der Waals surface area (Å²) in [4.78, 5) is 12.3. The van der Waals surface area contributed by atoms with Crippen LogP contribution in [0, 0.1) is 6.92 Å². The van der Waals surface area contributed by atoms with Crippen molar-refractivity contribution in [3.63, 3.8) is 0 Å². The second-order valence-electron chi connectivity index (χ2n) is 6.77. The molecule has 0 aliphatic carbocycles. The SMILES string of the molecule is Cc1ccccc1Cn1ncc2cc(Oc3nc(O)c4ccncc4n3)ccc21. The van der Waals surface area contributed by atoms with Crippen molar-refractivity contribution in [3.8, 4) is 17.6 Å². The van der Waals surface area contributed by atoms with E-state index < -0.39 is 0 Å². The lowest BCUT2D eigenvalue weighted by Gasteiger charge is -2.08. The van der Waals surface area contributed by atoms with Gasteiger partial charge in [0.25, 0.3) is 0 Å². The number of rotatable bonds is 4. The number of pyridine rings is 1. The van der Waals surface area contributed by atoms with E-state index >= 15 is 0 Å². The van der Waals surface area contributed by atoms with Crippen molar-refractivity contribution in [2.45, 2.75) is 13.5 Å². The van der Waals surface area contributed by atoms with Gasteiger partial charge in [-0.3, -0.25) is 9.67 Å². The van der Waals surface area contributed by atoms with Gasteiger partial charge in [-0.05, 0) is 42.3 Å². The van der Waals surface area contributed by atoms with Crippen molar-refractivity contribution < 1.29 is 9.84 Å². The molecule has 0 amide bonds. The Morgan fingerprint density at radius 3 is 2.83 bits per heavy atom. The van der Waals surface area contributed by atoms with Crippen molar-refractivity contribution >= 4 is 21.8 Å². The van der Waals surface area contributed by atoms with Crippen LogP contribution in [-0.2, 0) is 6.54 Å². The smallest absolute Gasteiger partial charge is 0.325 e. The maximum Gasteiger partial charge on any atom is 0.325 e. The zero-order chi connectivity index (χ0) is 19.8. The van der Waals surface area contributed by atoms with Gasteiger partial charge in [0.2, 0.25) is 5.88 Å². The van der Waals surface area contributed by atoms with E-state index in [4.69, 9.17) is 4.74 Å². The quantitative estimate of drug-likeness (QED) is 0.500. The molecule has 0 spiro atoms. The van der Waals surface area contributed by atoms with Gasteiger partial charge in [-0.25, -0.2) is 0 Å². The number of hydrogen-bond donors (Lipinski definition) is 1. The van der Waals surface area contributed by atoms with E-state index in [1.165, 1.54) is 11.1 Å². The van der Waals surface area contributed by atoms with Crippen LogP contribution in [0.15, 0.2) is 67.1 Å². The third-order valence-corrected chi connectivity index (χ3v) is 4.86. The van der Waals surface area contributed by atoms with Gasteiger partial charge in [0.15, 0.2) is 0 Å². The van der Waals surface area contributed by atoms with E-state index in [1.807, 2.05) is 41.2 Å². The molecule has 0 aliphatic heterocycles. The molecule has 0 fully saturated rings. The lowest BCUT2D eigenvalue weighted by atomic mass is 10.1. The Balaban J connectivity index is 1.45. The third-order valence-electron chi connectivity index (χ3n) is 4.86. The van der Waals surface area contributed by atoms with Crippen LogP contribution >= 0.6 is 0 Å². The number of aryl methyl sites for hydroxylation is 1. The molecule has 7 heteroatoms. The number of hydrogen-bond acceptors (Lipinski definition) is 6. The molecule has 1 N–H and O–H groups in total. The molecule has 7 nitrogen and oxygen atoms in total. The highest BCUT2D eigenvalue weighted by molar-refractivity contribution is 5.82. The largest absolute Gasteiger partial charge is 0.493 e.